The van der Waals surface area contributed by atoms with Crippen molar-refractivity contribution in [2.75, 3.05) is 6.61 Å². The molecule has 0 saturated carbocycles. The Hall–Kier alpha value is -1.06. The summed E-state index contributed by atoms with van der Waals surface area (Å²) < 4.78 is 13.8. The van der Waals surface area contributed by atoms with Gasteiger partial charge in [0.15, 0.2) is 0 Å². The number of hydrogen-bond donors (Lipinski definition) is 1. The minimum absolute atomic E-state index is 0.0442. The molecule has 1 atom stereocenters. The Labute approximate surface area is 111 Å². The summed E-state index contributed by atoms with van der Waals surface area (Å²) in [5, 5.41) is 8.77. The van der Waals surface area contributed by atoms with Gasteiger partial charge in [-0.3, -0.25) is 0 Å². The van der Waals surface area contributed by atoms with E-state index in [1.807, 2.05) is 30.3 Å². The minimum atomic E-state index is -0.0515. The molecule has 0 saturated heterocycles. The number of rotatable bonds is 5. The van der Waals surface area contributed by atoms with Crippen LogP contribution in [-0.4, -0.2) is 11.7 Å². The molecule has 1 N–H and O–H groups in total. The number of halogens is 1. The smallest absolute Gasteiger partial charge is 0.104 e. The number of hydrogen-bond acceptors (Lipinski definition) is 2. The number of aliphatic hydroxyl groups excluding tert-OH is 1. The van der Waals surface area contributed by atoms with Crippen molar-refractivity contribution in [1.29, 1.82) is 0 Å². The van der Waals surface area contributed by atoms with Gasteiger partial charge in [-0.25, -0.2) is 4.39 Å². The number of benzene rings is 1. The van der Waals surface area contributed by atoms with E-state index in [-0.39, 0.29) is 18.4 Å². The van der Waals surface area contributed by atoms with Gasteiger partial charge in [-0.05, 0) is 37.5 Å². The molecule has 0 fully saturated rings. The first-order valence-electron chi connectivity index (χ1n) is 6.20. The van der Waals surface area contributed by atoms with Crippen molar-refractivity contribution in [3.63, 3.8) is 0 Å². The molecule has 3 heteroatoms. The van der Waals surface area contributed by atoms with Crippen molar-refractivity contribution in [3.8, 4) is 0 Å². The standard InChI is InChI=1S/C15H17FOS/c16-15-11-14(9-8-12(15)5-4-10-17)18-13-6-2-1-3-7-13/h1-3,6-7,9,11-12,17H,4-5,8,10H2. The van der Waals surface area contributed by atoms with Gasteiger partial charge in [-0.15, -0.1) is 0 Å². The summed E-state index contributed by atoms with van der Waals surface area (Å²) in [5.41, 5.74) is 0. The molecular weight excluding hydrogens is 247 g/mol. The summed E-state index contributed by atoms with van der Waals surface area (Å²) in [6.07, 6.45) is 5.84. The van der Waals surface area contributed by atoms with E-state index < -0.39 is 0 Å². The number of allylic oxidation sites excluding steroid dienone is 3. The first-order chi connectivity index (χ1) is 8.79. The second-order valence-electron chi connectivity index (χ2n) is 4.35. The average Bonchev–Trinajstić information content (AvgIpc) is 2.39. The lowest BCUT2D eigenvalue weighted by molar-refractivity contribution is 0.271. The zero-order chi connectivity index (χ0) is 12.8. The molecule has 1 aromatic carbocycles. The monoisotopic (exact) mass is 264 g/mol. The van der Waals surface area contributed by atoms with Crippen molar-refractivity contribution < 1.29 is 9.50 Å². The molecule has 1 aromatic rings. The summed E-state index contributed by atoms with van der Waals surface area (Å²) in [5.74, 6) is -0.0957. The molecule has 0 spiro atoms. The van der Waals surface area contributed by atoms with Crippen LogP contribution in [0.25, 0.3) is 0 Å². The lowest BCUT2D eigenvalue weighted by Gasteiger charge is -2.18. The Balaban J connectivity index is 1.95. The Morgan fingerprint density at radius 3 is 2.72 bits per heavy atom. The Bertz CT molecular complexity index is 439. The molecule has 18 heavy (non-hydrogen) atoms. The van der Waals surface area contributed by atoms with Crippen molar-refractivity contribution >= 4 is 11.8 Å². The highest BCUT2D eigenvalue weighted by atomic mass is 32.2. The third kappa shape index (κ3) is 3.72. The third-order valence-electron chi connectivity index (χ3n) is 2.96. The van der Waals surface area contributed by atoms with Gasteiger partial charge in [0, 0.05) is 22.3 Å². The Kier molecular flexibility index (Phi) is 5.02. The predicted octanol–water partition coefficient (Wildman–Crippen LogP) is 4.31. The molecule has 0 amide bonds. The number of aliphatic hydroxyl groups is 1. The van der Waals surface area contributed by atoms with Crippen molar-refractivity contribution in [2.45, 2.75) is 24.2 Å². The van der Waals surface area contributed by atoms with Crippen LogP contribution in [-0.2, 0) is 0 Å². The molecule has 1 aliphatic carbocycles. The second-order valence-corrected chi connectivity index (χ2v) is 5.50. The molecule has 0 radical (unpaired) electrons. The average molecular weight is 264 g/mol. The van der Waals surface area contributed by atoms with Gasteiger partial charge in [0.1, 0.15) is 5.83 Å². The highest BCUT2D eigenvalue weighted by molar-refractivity contribution is 8.03. The summed E-state index contributed by atoms with van der Waals surface area (Å²) >= 11 is 1.59. The van der Waals surface area contributed by atoms with Crippen molar-refractivity contribution in [3.05, 3.63) is 53.2 Å². The van der Waals surface area contributed by atoms with E-state index >= 15 is 0 Å². The largest absolute Gasteiger partial charge is 0.396 e. The van der Waals surface area contributed by atoms with Gasteiger partial charge in [-0.2, -0.15) is 0 Å². The summed E-state index contributed by atoms with van der Waals surface area (Å²) in [6, 6.07) is 9.98. The van der Waals surface area contributed by atoms with Gasteiger partial charge in [0.05, 0.1) is 0 Å². The van der Waals surface area contributed by atoms with Crippen LogP contribution in [0.4, 0.5) is 4.39 Å². The topological polar surface area (TPSA) is 20.2 Å². The summed E-state index contributed by atoms with van der Waals surface area (Å²) in [6.45, 7) is 0.138. The maximum atomic E-state index is 13.8. The molecular formula is C15H17FOS. The normalized spacial score (nSPS) is 19.3. The van der Waals surface area contributed by atoms with E-state index in [0.29, 0.717) is 6.42 Å². The van der Waals surface area contributed by atoms with Crippen LogP contribution < -0.4 is 0 Å². The maximum Gasteiger partial charge on any atom is 0.104 e. The highest BCUT2D eigenvalue weighted by Crippen LogP contribution is 2.36. The fourth-order valence-electron chi connectivity index (χ4n) is 1.97. The van der Waals surface area contributed by atoms with Crippen LogP contribution in [0.3, 0.4) is 0 Å². The van der Waals surface area contributed by atoms with Gasteiger partial charge in [0.2, 0.25) is 0 Å². The minimum Gasteiger partial charge on any atom is -0.396 e. The van der Waals surface area contributed by atoms with Gasteiger partial charge in [-0.1, -0.05) is 36.0 Å². The first-order valence-corrected chi connectivity index (χ1v) is 7.02. The summed E-state index contributed by atoms with van der Waals surface area (Å²) in [4.78, 5) is 2.10. The first kappa shape index (κ1) is 13.4. The van der Waals surface area contributed by atoms with E-state index in [2.05, 4.69) is 6.08 Å². The maximum absolute atomic E-state index is 13.8. The molecule has 1 nitrogen and oxygen atoms in total. The SMILES string of the molecule is OCCCC1CC=C(Sc2ccccc2)C=C1F. The van der Waals surface area contributed by atoms with E-state index in [1.54, 1.807) is 17.8 Å². The fourth-order valence-corrected chi connectivity index (χ4v) is 2.89. The molecule has 1 unspecified atom stereocenters. The molecule has 0 aromatic heterocycles. The van der Waals surface area contributed by atoms with Gasteiger partial charge < -0.3 is 5.11 Å². The lowest BCUT2D eigenvalue weighted by Crippen LogP contribution is -2.05. The van der Waals surface area contributed by atoms with Crippen molar-refractivity contribution in [1.82, 2.24) is 0 Å². The lowest BCUT2D eigenvalue weighted by atomic mass is 9.94. The van der Waals surface area contributed by atoms with E-state index in [0.717, 1.165) is 22.6 Å². The highest BCUT2D eigenvalue weighted by Gasteiger charge is 2.18. The molecule has 0 bridgehead atoms. The van der Waals surface area contributed by atoms with Crippen LogP contribution >= 0.6 is 11.8 Å². The quantitative estimate of drug-likeness (QED) is 0.855. The van der Waals surface area contributed by atoms with Crippen LogP contribution in [0.2, 0.25) is 0 Å². The number of thioether (sulfide) groups is 1. The van der Waals surface area contributed by atoms with Crippen LogP contribution in [0, 0.1) is 5.92 Å². The van der Waals surface area contributed by atoms with Crippen LogP contribution in [0.15, 0.2) is 58.1 Å². The van der Waals surface area contributed by atoms with E-state index in [4.69, 9.17) is 5.11 Å². The van der Waals surface area contributed by atoms with Gasteiger partial charge in [0.25, 0.3) is 0 Å². The Morgan fingerprint density at radius 1 is 1.28 bits per heavy atom. The Morgan fingerprint density at radius 2 is 2.06 bits per heavy atom. The molecule has 2 rings (SSSR count). The molecule has 0 aliphatic heterocycles. The molecule has 1 aliphatic rings. The third-order valence-corrected chi connectivity index (χ3v) is 3.99. The summed E-state index contributed by atoms with van der Waals surface area (Å²) in [7, 11) is 0. The molecule has 96 valence electrons. The van der Waals surface area contributed by atoms with Gasteiger partial charge >= 0.3 is 0 Å². The zero-order valence-electron chi connectivity index (χ0n) is 10.2. The predicted molar refractivity (Wildman–Crippen MR) is 74.0 cm³/mol. The van der Waals surface area contributed by atoms with E-state index in [1.165, 1.54) is 0 Å². The van der Waals surface area contributed by atoms with E-state index in [9.17, 15) is 4.39 Å². The van der Waals surface area contributed by atoms with Crippen LogP contribution in [0.1, 0.15) is 19.3 Å². The van der Waals surface area contributed by atoms with Crippen LogP contribution in [0.5, 0.6) is 0 Å². The second kappa shape index (κ2) is 6.76. The molecule has 0 heterocycles. The fraction of sp³-hybridized carbons (Fsp3) is 0.333. The van der Waals surface area contributed by atoms with Crippen molar-refractivity contribution in [2.24, 2.45) is 5.92 Å². The zero-order valence-corrected chi connectivity index (χ0v) is 11.0.